The van der Waals surface area contributed by atoms with E-state index in [1.54, 1.807) is 0 Å². The number of anilines is 1. The molecule has 0 atom stereocenters. The second-order valence-electron chi connectivity index (χ2n) is 5.24. The van der Waals surface area contributed by atoms with E-state index in [9.17, 15) is 23.1 Å². The Balaban J connectivity index is 2.37. The Morgan fingerprint density at radius 1 is 1.19 bits per heavy atom. The van der Waals surface area contributed by atoms with Gasteiger partial charge in [-0.3, -0.25) is 18.9 Å². The largest absolute Gasteiger partial charge is 0.394 e. The van der Waals surface area contributed by atoms with Gasteiger partial charge in [-0.15, -0.1) is 0 Å². The van der Waals surface area contributed by atoms with Gasteiger partial charge in [-0.25, -0.2) is 8.42 Å². The van der Waals surface area contributed by atoms with Crippen LogP contribution in [0.1, 0.15) is 17.3 Å². The monoisotopic (exact) mass is 394 g/mol. The molecule has 26 heavy (non-hydrogen) atoms. The standard InChI is InChI=1S/C17H18N2O5S2/c1-13(21)25-12-17(22)14-3-2-4-16(11-14)26(23,24)19(9-10-20)15-5-7-18-8-6-15/h2-8,11,20H,9-10,12H2,1H3. The van der Waals surface area contributed by atoms with Crippen LogP contribution in [0, 0.1) is 0 Å². The van der Waals surface area contributed by atoms with E-state index in [1.165, 1.54) is 55.7 Å². The Labute approximate surface area is 156 Å². The molecule has 0 amide bonds. The van der Waals surface area contributed by atoms with Crippen molar-refractivity contribution in [2.75, 3.05) is 23.2 Å². The lowest BCUT2D eigenvalue weighted by atomic mass is 10.1. The molecule has 1 N–H and O–H groups in total. The van der Waals surface area contributed by atoms with Gasteiger partial charge in [0.25, 0.3) is 10.0 Å². The summed E-state index contributed by atoms with van der Waals surface area (Å²) in [7, 11) is -3.98. The predicted molar refractivity (Wildman–Crippen MR) is 99.8 cm³/mol. The van der Waals surface area contributed by atoms with Crippen molar-refractivity contribution >= 4 is 38.4 Å². The lowest BCUT2D eigenvalue weighted by Gasteiger charge is -2.23. The molecule has 2 aromatic rings. The molecule has 0 aliphatic carbocycles. The molecule has 0 aliphatic rings. The lowest BCUT2D eigenvalue weighted by Crippen LogP contribution is -2.33. The van der Waals surface area contributed by atoms with Crippen LogP contribution in [0.4, 0.5) is 5.69 Å². The molecule has 0 aliphatic heterocycles. The van der Waals surface area contributed by atoms with Gasteiger partial charge < -0.3 is 5.11 Å². The van der Waals surface area contributed by atoms with Gasteiger partial charge >= 0.3 is 0 Å². The van der Waals surface area contributed by atoms with Gasteiger partial charge in [0.1, 0.15) is 0 Å². The number of pyridine rings is 1. The Morgan fingerprint density at radius 2 is 1.88 bits per heavy atom. The van der Waals surface area contributed by atoms with Crippen molar-refractivity contribution in [2.24, 2.45) is 0 Å². The molecule has 0 saturated carbocycles. The molecule has 0 fully saturated rings. The third-order valence-electron chi connectivity index (χ3n) is 3.40. The van der Waals surface area contributed by atoms with Gasteiger partial charge in [0, 0.05) is 24.9 Å². The molecular formula is C17H18N2O5S2. The van der Waals surface area contributed by atoms with E-state index in [1.807, 2.05) is 0 Å². The first kappa shape index (κ1) is 20.1. The van der Waals surface area contributed by atoms with Crippen LogP contribution >= 0.6 is 11.8 Å². The van der Waals surface area contributed by atoms with E-state index >= 15 is 0 Å². The van der Waals surface area contributed by atoms with Crippen molar-refractivity contribution in [3.05, 3.63) is 54.4 Å². The molecule has 7 nitrogen and oxygen atoms in total. The van der Waals surface area contributed by atoms with Gasteiger partial charge in [-0.05, 0) is 24.3 Å². The summed E-state index contributed by atoms with van der Waals surface area (Å²) < 4.78 is 27.0. The van der Waals surface area contributed by atoms with Crippen LogP contribution in [-0.2, 0) is 14.8 Å². The third kappa shape index (κ3) is 4.90. The summed E-state index contributed by atoms with van der Waals surface area (Å²) in [6, 6.07) is 8.68. The zero-order chi connectivity index (χ0) is 19.2. The van der Waals surface area contributed by atoms with Crippen molar-refractivity contribution in [2.45, 2.75) is 11.8 Å². The number of aliphatic hydroxyl groups is 1. The molecule has 0 saturated heterocycles. The minimum Gasteiger partial charge on any atom is -0.394 e. The van der Waals surface area contributed by atoms with Crippen LogP contribution in [0.25, 0.3) is 0 Å². The summed E-state index contributed by atoms with van der Waals surface area (Å²) in [5, 5.41) is 9.08. The highest BCUT2D eigenvalue weighted by Crippen LogP contribution is 2.24. The molecule has 1 aromatic carbocycles. The smallest absolute Gasteiger partial charge is 0.264 e. The maximum Gasteiger partial charge on any atom is 0.264 e. The van der Waals surface area contributed by atoms with Gasteiger partial charge in [-0.2, -0.15) is 0 Å². The predicted octanol–water partition coefficient (Wildman–Crippen LogP) is 1.73. The highest BCUT2D eigenvalue weighted by Gasteiger charge is 2.25. The molecule has 2 rings (SSSR count). The number of thioether (sulfide) groups is 1. The molecule has 1 heterocycles. The zero-order valence-corrected chi connectivity index (χ0v) is 15.7. The molecule has 1 aromatic heterocycles. The van der Waals surface area contributed by atoms with Crippen molar-refractivity contribution in [3.8, 4) is 0 Å². The highest BCUT2D eigenvalue weighted by molar-refractivity contribution is 8.14. The maximum absolute atomic E-state index is 13.0. The molecule has 0 radical (unpaired) electrons. The third-order valence-corrected chi connectivity index (χ3v) is 6.04. The van der Waals surface area contributed by atoms with E-state index in [4.69, 9.17) is 0 Å². The van der Waals surface area contributed by atoms with Crippen LogP contribution in [0.3, 0.4) is 0 Å². The number of carbonyl (C=O) groups excluding carboxylic acids is 2. The number of hydrogen-bond donors (Lipinski definition) is 1. The number of rotatable bonds is 8. The van der Waals surface area contributed by atoms with Crippen molar-refractivity contribution < 1.29 is 23.1 Å². The van der Waals surface area contributed by atoms with Crippen LogP contribution in [0.15, 0.2) is 53.7 Å². The van der Waals surface area contributed by atoms with E-state index in [0.717, 1.165) is 16.1 Å². The fraction of sp³-hybridized carbons (Fsp3) is 0.235. The SMILES string of the molecule is CC(=O)SCC(=O)c1cccc(S(=O)(=O)N(CCO)c2ccncc2)c1. The summed E-state index contributed by atoms with van der Waals surface area (Å²) in [6.07, 6.45) is 2.91. The number of sulfonamides is 1. The van der Waals surface area contributed by atoms with Gasteiger partial charge in [0.15, 0.2) is 10.9 Å². The van der Waals surface area contributed by atoms with Crippen LogP contribution in [0.5, 0.6) is 0 Å². The quantitative estimate of drug-likeness (QED) is 0.680. The first-order chi connectivity index (χ1) is 12.4. The zero-order valence-electron chi connectivity index (χ0n) is 14.0. The van der Waals surface area contributed by atoms with E-state index < -0.39 is 10.0 Å². The molecule has 0 unspecified atom stereocenters. The average molecular weight is 394 g/mol. The summed E-state index contributed by atoms with van der Waals surface area (Å²) >= 11 is 0.871. The van der Waals surface area contributed by atoms with Gasteiger partial charge in [-0.1, -0.05) is 23.9 Å². The Hall–Kier alpha value is -2.23. The molecule has 0 bridgehead atoms. The van der Waals surface area contributed by atoms with E-state index in [0.29, 0.717) is 5.69 Å². The van der Waals surface area contributed by atoms with Crippen molar-refractivity contribution in [1.29, 1.82) is 0 Å². The van der Waals surface area contributed by atoms with Crippen LogP contribution in [-0.4, -0.2) is 48.3 Å². The topological polar surface area (TPSA) is 105 Å². The number of benzene rings is 1. The van der Waals surface area contributed by atoms with Gasteiger partial charge in [0.2, 0.25) is 0 Å². The van der Waals surface area contributed by atoms with E-state index in [2.05, 4.69) is 4.98 Å². The Morgan fingerprint density at radius 3 is 2.50 bits per heavy atom. The number of ketones is 1. The summed E-state index contributed by atoms with van der Waals surface area (Å²) in [5.74, 6) is -0.385. The second kappa shape index (κ2) is 8.93. The minimum absolute atomic E-state index is 0.0520. The number of Topliss-reactive ketones (excluding diaryl/α,β-unsaturated/α-hetero) is 1. The van der Waals surface area contributed by atoms with Gasteiger partial charge in [0.05, 0.1) is 29.5 Å². The number of hydrogen-bond acceptors (Lipinski definition) is 7. The van der Waals surface area contributed by atoms with Crippen LogP contribution in [0.2, 0.25) is 0 Å². The molecule has 0 spiro atoms. The fourth-order valence-electron chi connectivity index (χ4n) is 2.20. The number of nitrogens with zero attached hydrogens (tertiary/aromatic N) is 2. The first-order valence-electron chi connectivity index (χ1n) is 7.66. The normalized spacial score (nSPS) is 11.2. The summed E-state index contributed by atoms with van der Waals surface area (Å²) in [4.78, 5) is 27.0. The lowest BCUT2D eigenvalue weighted by molar-refractivity contribution is -0.109. The highest BCUT2D eigenvalue weighted by atomic mass is 32.2. The Bertz CT molecular complexity index is 885. The summed E-state index contributed by atoms with van der Waals surface area (Å²) in [6.45, 7) is 0.862. The molecule has 9 heteroatoms. The van der Waals surface area contributed by atoms with Crippen molar-refractivity contribution in [1.82, 2.24) is 4.98 Å². The Kier molecular flexibility index (Phi) is 6.90. The average Bonchev–Trinajstić information content (AvgIpc) is 2.64. The molecule has 138 valence electrons. The van der Waals surface area contributed by atoms with E-state index in [-0.39, 0.29) is 40.3 Å². The van der Waals surface area contributed by atoms with Crippen LogP contribution < -0.4 is 4.31 Å². The number of aromatic nitrogens is 1. The minimum atomic E-state index is -3.98. The second-order valence-corrected chi connectivity index (χ2v) is 8.25. The number of aliphatic hydroxyl groups excluding tert-OH is 1. The summed E-state index contributed by atoms with van der Waals surface area (Å²) in [5.41, 5.74) is 0.566. The number of carbonyl (C=O) groups is 2. The molecular weight excluding hydrogens is 376 g/mol. The van der Waals surface area contributed by atoms with Crippen molar-refractivity contribution in [3.63, 3.8) is 0 Å². The maximum atomic E-state index is 13.0. The fourth-order valence-corrected chi connectivity index (χ4v) is 4.20. The first-order valence-corrected chi connectivity index (χ1v) is 10.1.